The number of rotatable bonds is 10. The Bertz CT molecular complexity index is 391. The van der Waals surface area contributed by atoms with Crippen molar-refractivity contribution in [2.24, 2.45) is 10.9 Å². The highest BCUT2D eigenvalue weighted by Crippen LogP contribution is 2.25. The Balaban J connectivity index is 1.83. The van der Waals surface area contributed by atoms with E-state index in [-0.39, 0.29) is 0 Å². The molecule has 1 aliphatic heterocycles. The van der Waals surface area contributed by atoms with Crippen LogP contribution in [0.3, 0.4) is 0 Å². The molecule has 1 unspecified atom stereocenters. The van der Waals surface area contributed by atoms with Gasteiger partial charge in [0.25, 0.3) is 0 Å². The summed E-state index contributed by atoms with van der Waals surface area (Å²) < 4.78 is 5.50. The Morgan fingerprint density at radius 1 is 1.20 bits per heavy atom. The van der Waals surface area contributed by atoms with E-state index in [1.807, 2.05) is 0 Å². The Kier molecular flexibility index (Phi) is 8.99. The average Bonchev–Trinajstić information content (AvgIpc) is 3.44. The molecule has 146 valence electrons. The van der Waals surface area contributed by atoms with E-state index in [1.165, 1.54) is 12.8 Å². The van der Waals surface area contributed by atoms with Crippen LogP contribution in [0.4, 0.5) is 0 Å². The van der Waals surface area contributed by atoms with Gasteiger partial charge in [0.15, 0.2) is 5.96 Å². The highest BCUT2D eigenvalue weighted by molar-refractivity contribution is 5.79. The third-order valence-corrected chi connectivity index (χ3v) is 5.23. The molecular weight excluding hydrogens is 314 g/mol. The van der Waals surface area contributed by atoms with Gasteiger partial charge < -0.3 is 15.4 Å². The Morgan fingerprint density at radius 2 is 1.92 bits per heavy atom. The van der Waals surface area contributed by atoms with E-state index in [9.17, 15) is 0 Å². The molecule has 2 N–H and O–H groups in total. The number of likely N-dealkylation sites (N-methyl/N-ethyl adjacent to an activating group) is 1. The van der Waals surface area contributed by atoms with Gasteiger partial charge in [-0.1, -0.05) is 20.8 Å². The summed E-state index contributed by atoms with van der Waals surface area (Å²) in [5.74, 6) is 1.54. The van der Waals surface area contributed by atoms with Gasteiger partial charge in [0.1, 0.15) is 0 Å². The van der Waals surface area contributed by atoms with Gasteiger partial charge in [-0.2, -0.15) is 0 Å². The quantitative estimate of drug-likeness (QED) is 0.459. The van der Waals surface area contributed by atoms with E-state index in [1.54, 1.807) is 0 Å². The molecule has 1 aliphatic carbocycles. The lowest BCUT2D eigenvalue weighted by molar-refractivity contribution is 0.00867. The number of nitrogens with zero attached hydrogens (tertiary/aromatic N) is 3. The molecule has 1 atom stereocenters. The number of morpholine rings is 1. The van der Waals surface area contributed by atoms with Crippen LogP contribution in [0.25, 0.3) is 0 Å². The molecule has 2 fully saturated rings. The van der Waals surface area contributed by atoms with Crippen molar-refractivity contribution in [3.8, 4) is 0 Å². The third kappa shape index (κ3) is 7.12. The molecule has 2 aliphatic rings. The number of hydrogen-bond acceptors (Lipinski definition) is 4. The molecule has 6 nitrogen and oxygen atoms in total. The molecule has 6 heteroatoms. The van der Waals surface area contributed by atoms with Crippen LogP contribution in [0, 0.1) is 5.92 Å². The van der Waals surface area contributed by atoms with E-state index >= 15 is 0 Å². The zero-order valence-corrected chi connectivity index (χ0v) is 16.8. The fraction of sp³-hybridized carbons (Fsp3) is 0.947. The largest absolute Gasteiger partial charge is 0.379 e. The van der Waals surface area contributed by atoms with Gasteiger partial charge >= 0.3 is 0 Å². The van der Waals surface area contributed by atoms with E-state index in [0.29, 0.717) is 12.0 Å². The number of ether oxygens (including phenoxy) is 1. The topological polar surface area (TPSA) is 52.1 Å². The van der Waals surface area contributed by atoms with Crippen molar-refractivity contribution in [1.82, 2.24) is 20.4 Å². The maximum Gasteiger partial charge on any atom is 0.191 e. The van der Waals surface area contributed by atoms with Crippen molar-refractivity contribution < 1.29 is 4.74 Å². The summed E-state index contributed by atoms with van der Waals surface area (Å²) in [6.45, 7) is 17.7. The molecule has 1 saturated heterocycles. The van der Waals surface area contributed by atoms with Gasteiger partial charge in [-0.05, 0) is 32.2 Å². The van der Waals surface area contributed by atoms with Crippen LogP contribution in [-0.2, 0) is 4.74 Å². The summed E-state index contributed by atoms with van der Waals surface area (Å²) in [6.07, 6.45) is 2.75. The highest BCUT2D eigenvalue weighted by Gasteiger charge is 2.27. The normalized spacial score (nSPS) is 21.0. The van der Waals surface area contributed by atoms with Crippen molar-refractivity contribution in [2.75, 3.05) is 59.0 Å². The van der Waals surface area contributed by atoms with E-state index in [0.717, 1.165) is 71.0 Å². The molecule has 1 heterocycles. The molecule has 0 aromatic rings. The standard InChI is InChI=1S/C19H39N5O/c1-5-20-19(21-9-10-23(6-2)17-7-8-17)22-15-18(16(3)4)24-11-13-25-14-12-24/h16-18H,5-15H2,1-4H3,(H2,20,21,22). The fourth-order valence-corrected chi connectivity index (χ4v) is 3.54. The zero-order valence-electron chi connectivity index (χ0n) is 16.8. The van der Waals surface area contributed by atoms with Crippen molar-refractivity contribution in [3.05, 3.63) is 0 Å². The van der Waals surface area contributed by atoms with Crippen LogP contribution in [0.15, 0.2) is 4.99 Å². The molecule has 0 amide bonds. The van der Waals surface area contributed by atoms with E-state index in [2.05, 4.69) is 48.1 Å². The molecule has 0 aromatic carbocycles. The van der Waals surface area contributed by atoms with Gasteiger partial charge in [-0.3, -0.25) is 14.8 Å². The summed E-state index contributed by atoms with van der Waals surface area (Å²) >= 11 is 0. The van der Waals surface area contributed by atoms with Crippen LogP contribution in [0.5, 0.6) is 0 Å². The van der Waals surface area contributed by atoms with Crippen LogP contribution in [0.2, 0.25) is 0 Å². The minimum absolute atomic E-state index is 0.484. The molecule has 25 heavy (non-hydrogen) atoms. The van der Waals surface area contributed by atoms with Crippen LogP contribution < -0.4 is 10.6 Å². The average molecular weight is 354 g/mol. The Morgan fingerprint density at radius 3 is 2.48 bits per heavy atom. The summed E-state index contributed by atoms with van der Waals surface area (Å²) in [5.41, 5.74) is 0. The second-order valence-electron chi connectivity index (χ2n) is 7.47. The van der Waals surface area contributed by atoms with Crippen molar-refractivity contribution >= 4 is 5.96 Å². The molecule has 1 saturated carbocycles. The predicted octanol–water partition coefficient (Wildman–Crippen LogP) is 1.38. The van der Waals surface area contributed by atoms with Gasteiger partial charge in [-0.15, -0.1) is 0 Å². The van der Waals surface area contributed by atoms with Gasteiger partial charge in [-0.25, -0.2) is 0 Å². The molecular formula is C19H39N5O. The SMILES string of the molecule is CCNC(=NCC(C(C)C)N1CCOCC1)NCCN(CC)C1CC1. The van der Waals surface area contributed by atoms with Crippen LogP contribution in [0.1, 0.15) is 40.5 Å². The lowest BCUT2D eigenvalue weighted by atomic mass is 10.0. The number of nitrogens with one attached hydrogen (secondary N) is 2. The van der Waals surface area contributed by atoms with Crippen molar-refractivity contribution in [2.45, 2.75) is 52.6 Å². The summed E-state index contributed by atoms with van der Waals surface area (Å²) in [7, 11) is 0. The summed E-state index contributed by atoms with van der Waals surface area (Å²) in [6, 6.07) is 1.32. The minimum Gasteiger partial charge on any atom is -0.379 e. The van der Waals surface area contributed by atoms with E-state index in [4.69, 9.17) is 9.73 Å². The second kappa shape index (κ2) is 11.0. The fourth-order valence-electron chi connectivity index (χ4n) is 3.54. The van der Waals surface area contributed by atoms with Crippen molar-refractivity contribution in [3.63, 3.8) is 0 Å². The first-order chi connectivity index (χ1) is 12.2. The first-order valence-electron chi connectivity index (χ1n) is 10.2. The Labute approximate surface area is 154 Å². The first-order valence-corrected chi connectivity index (χ1v) is 10.2. The monoisotopic (exact) mass is 353 g/mol. The van der Waals surface area contributed by atoms with Crippen LogP contribution >= 0.6 is 0 Å². The first kappa shape index (κ1) is 20.5. The highest BCUT2D eigenvalue weighted by atomic mass is 16.5. The number of hydrogen-bond donors (Lipinski definition) is 2. The summed E-state index contributed by atoms with van der Waals surface area (Å²) in [5, 5.41) is 6.91. The molecule has 0 radical (unpaired) electrons. The van der Waals surface area contributed by atoms with Gasteiger partial charge in [0.05, 0.1) is 19.8 Å². The smallest absolute Gasteiger partial charge is 0.191 e. The molecule has 0 bridgehead atoms. The summed E-state index contributed by atoms with van der Waals surface area (Å²) in [4.78, 5) is 9.99. The van der Waals surface area contributed by atoms with Gasteiger partial charge in [0.2, 0.25) is 0 Å². The number of guanidine groups is 1. The minimum atomic E-state index is 0.484. The molecule has 2 rings (SSSR count). The molecule has 0 spiro atoms. The maximum absolute atomic E-state index is 5.50. The predicted molar refractivity (Wildman–Crippen MR) is 105 cm³/mol. The molecule has 0 aromatic heterocycles. The van der Waals surface area contributed by atoms with Crippen LogP contribution in [-0.4, -0.2) is 86.9 Å². The van der Waals surface area contributed by atoms with Crippen molar-refractivity contribution in [1.29, 1.82) is 0 Å². The lowest BCUT2D eigenvalue weighted by Gasteiger charge is -2.36. The second-order valence-corrected chi connectivity index (χ2v) is 7.47. The van der Waals surface area contributed by atoms with E-state index < -0.39 is 0 Å². The Hall–Kier alpha value is -0.850. The number of aliphatic imine (C=N–C) groups is 1. The third-order valence-electron chi connectivity index (χ3n) is 5.23. The lowest BCUT2D eigenvalue weighted by Crippen LogP contribution is -2.48. The van der Waals surface area contributed by atoms with Gasteiger partial charge in [0, 0.05) is 44.8 Å². The zero-order chi connectivity index (χ0) is 18.1. The maximum atomic E-state index is 5.50.